The van der Waals surface area contributed by atoms with Gasteiger partial charge in [-0.05, 0) is 32.1 Å². The molecule has 0 aliphatic heterocycles. The summed E-state index contributed by atoms with van der Waals surface area (Å²) in [5.41, 5.74) is 0. The molecular weight excluding hydrogens is 679 g/mol. The molecule has 0 aliphatic carbocycles. The minimum absolute atomic E-state index is 0.144. The van der Waals surface area contributed by atoms with Crippen LogP contribution in [0.3, 0.4) is 0 Å². The van der Waals surface area contributed by atoms with Gasteiger partial charge in [-0.3, -0.25) is 14.1 Å². The lowest BCUT2D eigenvalue weighted by atomic mass is 10.0. The number of allylic oxidation sites excluding steroid dienone is 5. The van der Waals surface area contributed by atoms with Crippen LogP contribution in [0.1, 0.15) is 194 Å². The first kappa shape index (κ1) is 50.2. The molecule has 1 unspecified atom stereocenters. The van der Waals surface area contributed by atoms with Gasteiger partial charge in [0.2, 0.25) is 0 Å². The molecule has 0 radical (unpaired) electrons. The van der Waals surface area contributed by atoms with Crippen LogP contribution in [0.4, 0.5) is 0 Å². The van der Waals surface area contributed by atoms with Crippen molar-refractivity contribution in [3.63, 3.8) is 0 Å². The minimum atomic E-state index is -4.78. The molecule has 0 aliphatic rings. The van der Waals surface area contributed by atoms with Crippen molar-refractivity contribution in [1.82, 2.24) is 0 Å². The number of carbonyl (C=O) groups is 2. The lowest BCUT2D eigenvalue weighted by molar-refractivity contribution is -0.161. The van der Waals surface area contributed by atoms with Gasteiger partial charge in [0.25, 0.3) is 0 Å². The number of phosphoric ester groups is 1. The van der Waals surface area contributed by atoms with Crippen LogP contribution in [0.5, 0.6) is 0 Å². The van der Waals surface area contributed by atoms with Gasteiger partial charge in [0.1, 0.15) is 6.61 Å². The summed E-state index contributed by atoms with van der Waals surface area (Å²) >= 11 is 0. The molecule has 2 atom stereocenters. The minimum Gasteiger partial charge on any atom is -0.462 e. The molecule has 0 saturated heterocycles. The molecule has 3 N–H and O–H groups in total. The van der Waals surface area contributed by atoms with Crippen molar-refractivity contribution in [2.45, 2.75) is 206 Å². The second-order valence-electron chi connectivity index (χ2n) is 14.1. The number of aliphatic hydroxyl groups is 1. The van der Waals surface area contributed by atoms with Crippen molar-refractivity contribution >= 4 is 19.8 Å². The van der Waals surface area contributed by atoms with Crippen LogP contribution in [-0.4, -0.2) is 52.3 Å². The second kappa shape index (κ2) is 37.5. The second-order valence-corrected chi connectivity index (χ2v) is 15.4. The Hall–Kier alpha value is -1.77. The fourth-order valence-electron chi connectivity index (χ4n) is 5.91. The zero-order valence-electron chi connectivity index (χ0n) is 33.1. The molecule has 10 heteroatoms. The van der Waals surface area contributed by atoms with Gasteiger partial charge in [-0.1, -0.05) is 185 Å². The summed E-state index contributed by atoms with van der Waals surface area (Å²) in [4.78, 5) is 42.8. The van der Waals surface area contributed by atoms with Crippen LogP contribution in [0.25, 0.3) is 0 Å². The van der Waals surface area contributed by atoms with Gasteiger partial charge in [-0.2, -0.15) is 0 Å². The van der Waals surface area contributed by atoms with Crippen LogP contribution >= 0.6 is 7.82 Å². The summed E-state index contributed by atoms with van der Waals surface area (Å²) in [6, 6.07) is 0. The van der Waals surface area contributed by atoms with Crippen LogP contribution in [0, 0.1) is 0 Å². The van der Waals surface area contributed by atoms with E-state index >= 15 is 0 Å². The van der Waals surface area contributed by atoms with Crippen molar-refractivity contribution in [3.8, 4) is 0 Å². The molecule has 0 aromatic heterocycles. The van der Waals surface area contributed by atoms with Gasteiger partial charge >= 0.3 is 19.8 Å². The highest BCUT2D eigenvalue weighted by molar-refractivity contribution is 7.46. The van der Waals surface area contributed by atoms with Gasteiger partial charge in [-0.25, -0.2) is 4.57 Å². The van der Waals surface area contributed by atoms with Crippen LogP contribution in [0.2, 0.25) is 0 Å². The van der Waals surface area contributed by atoms with E-state index in [9.17, 15) is 19.3 Å². The van der Waals surface area contributed by atoms with Gasteiger partial charge in [-0.15, -0.1) is 0 Å². The molecule has 0 aromatic carbocycles. The average molecular weight is 757 g/mol. The maximum Gasteiger partial charge on any atom is 0.469 e. The number of unbranched alkanes of at least 4 members (excludes halogenated alkanes) is 21. The van der Waals surface area contributed by atoms with Crippen molar-refractivity contribution in [2.24, 2.45) is 0 Å². The van der Waals surface area contributed by atoms with E-state index in [4.69, 9.17) is 19.3 Å². The molecule has 0 spiro atoms. The van der Waals surface area contributed by atoms with E-state index < -0.39 is 38.6 Å². The third kappa shape index (κ3) is 39.4. The Morgan fingerprint density at radius 3 is 1.58 bits per heavy atom. The number of rotatable bonds is 38. The van der Waals surface area contributed by atoms with E-state index in [0.29, 0.717) is 19.3 Å². The maximum absolute atomic E-state index is 12.4. The first-order chi connectivity index (χ1) is 25.2. The Morgan fingerprint density at radius 2 is 1.08 bits per heavy atom. The predicted octanol–water partition coefficient (Wildman–Crippen LogP) is 11.5. The fourth-order valence-corrected chi connectivity index (χ4v) is 6.27. The lowest BCUT2D eigenvalue weighted by Crippen LogP contribution is -2.29. The van der Waals surface area contributed by atoms with E-state index in [1.54, 1.807) is 6.08 Å². The zero-order chi connectivity index (χ0) is 38.4. The molecule has 0 rings (SSSR count). The first-order valence-electron chi connectivity index (χ1n) is 20.9. The SMILES string of the molecule is CC/C=C/C/C=C/C=C/C(O)CCCCCCCC(=O)O[C@H](COC(=O)CCCCCCCCCCCCCCCCCCCC)COP(=O)(O)O. The Labute approximate surface area is 317 Å². The van der Waals surface area contributed by atoms with Gasteiger partial charge in [0, 0.05) is 12.8 Å². The number of aliphatic hydroxyl groups excluding tert-OH is 1. The van der Waals surface area contributed by atoms with Crippen LogP contribution in [0.15, 0.2) is 36.5 Å². The third-order valence-corrected chi connectivity index (χ3v) is 9.51. The Bertz CT molecular complexity index is 959. The van der Waals surface area contributed by atoms with Crippen molar-refractivity contribution in [3.05, 3.63) is 36.5 Å². The number of carbonyl (C=O) groups excluding carboxylic acids is 2. The van der Waals surface area contributed by atoms with Gasteiger partial charge in [0.05, 0.1) is 12.7 Å². The summed E-state index contributed by atoms with van der Waals surface area (Å²) in [5, 5.41) is 10.1. The molecule has 0 fully saturated rings. The number of ether oxygens (including phenoxy) is 2. The summed E-state index contributed by atoms with van der Waals surface area (Å²) in [5.74, 6) is -0.955. The summed E-state index contributed by atoms with van der Waals surface area (Å²) in [7, 11) is -4.78. The molecule has 0 saturated carbocycles. The molecule has 52 heavy (non-hydrogen) atoms. The molecule has 9 nitrogen and oxygen atoms in total. The Morgan fingerprint density at radius 1 is 0.596 bits per heavy atom. The van der Waals surface area contributed by atoms with Gasteiger partial charge < -0.3 is 24.4 Å². The van der Waals surface area contributed by atoms with Crippen molar-refractivity contribution < 1.29 is 43.0 Å². The number of hydrogen-bond acceptors (Lipinski definition) is 7. The average Bonchev–Trinajstić information content (AvgIpc) is 3.11. The quantitative estimate of drug-likeness (QED) is 0.0185. The highest BCUT2D eigenvalue weighted by Crippen LogP contribution is 2.36. The zero-order valence-corrected chi connectivity index (χ0v) is 34.0. The Kier molecular flexibility index (Phi) is 36.3. The standard InChI is InChI=1S/C42H77O9P/c1-3-5-7-9-11-12-13-14-15-16-17-18-19-20-21-23-27-31-35-41(44)49-37-40(38-50-52(46,47)48)51-42(45)36-32-28-24-26-30-34-39(43)33-29-25-22-10-8-6-4-2/h6,8,22,25,29,33,39-40,43H,3-5,7,9-21,23-24,26-28,30-32,34-38H2,1-2H3,(H2,46,47,48)/b8-6+,25-22+,33-29+/t39?,40-/m1/s1. The number of phosphoric acid groups is 1. The van der Waals surface area contributed by atoms with Crippen molar-refractivity contribution in [2.75, 3.05) is 13.2 Å². The summed E-state index contributed by atoms with van der Waals surface area (Å²) in [6.07, 6.45) is 40.3. The largest absolute Gasteiger partial charge is 0.469 e. The van der Waals surface area contributed by atoms with E-state index in [0.717, 1.165) is 51.4 Å². The molecular formula is C42H77O9P. The van der Waals surface area contributed by atoms with E-state index in [1.807, 2.05) is 18.2 Å². The first-order valence-corrected chi connectivity index (χ1v) is 22.4. The fraction of sp³-hybridized carbons (Fsp3) is 0.810. The monoisotopic (exact) mass is 757 g/mol. The lowest BCUT2D eigenvalue weighted by Gasteiger charge is -2.18. The summed E-state index contributed by atoms with van der Waals surface area (Å²) < 4.78 is 26.3. The number of hydrogen-bond donors (Lipinski definition) is 3. The Balaban J connectivity index is 3.97. The molecule has 0 bridgehead atoms. The molecule has 304 valence electrons. The van der Waals surface area contributed by atoms with E-state index in [1.165, 1.54) is 96.3 Å². The number of esters is 2. The highest BCUT2D eigenvalue weighted by Gasteiger charge is 2.23. The topological polar surface area (TPSA) is 140 Å². The van der Waals surface area contributed by atoms with Crippen molar-refractivity contribution in [1.29, 1.82) is 0 Å². The normalized spacial score (nSPS) is 13.4. The third-order valence-electron chi connectivity index (χ3n) is 9.03. The molecule has 0 amide bonds. The highest BCUT2D eigenvalue weighted by atomic mass is 31.2. The van der Waals surface area contributed by atoms with Crippen LogP contribution < -0.4 is 0 Å². The maximum atomic E-state index is 12.4. The predicted molar refractivity (Wildman–Crippen MR) is 213 cm³/mol. The smallest absolute Gasteiger partial charge is 0.462 e. The summed E-state index contributed by atoms with van der Waals surface area (Å²) in [6.45, 7) is 3.49. The molecule has 0 heterocycles. The van der Waals surface area contributed by atoms with Crippen LogP contribution in [-0.2, 0) is 28.2 Å². The van der Waals surface area contributed by atoms with E-state index in [-0.39, 0.29) is 19.4 Å². The van der Waals surface area contributed by atoms with E-state index in [2.05, 4.69) is 30.5 Å². The molecule has 0 aromatic rings. The van der Waals surface area contributed by atoms with Gasteiger partial charge in [0.15, 0.2) is 6.10 Å².